The number of ether oxygens (including phenoxy) is 1. The molecule has 8 heteroatoms. The summed E-state index contributed by atoms with van der Waals surface area (Å²) in [5.41, 5.74) is 0.731. The Kier molecular flexibility index (Phi) is 4.80. The molecular formula is C17H21N5O2S. The number of para-hydroxylation sites is 2. The van der Waals surface area contributed by atoms with Crippen LogP contribution in [0.2, 0.25) is 0 Å². The first kappa shape index (κ1) is 17.5. The lowest BCUT2D eigenvalue weighted by atomic mass is 9.96. The van der Waals surface area contributed by atoms with Crippen LogP contribution >= 0.6 is 11.8 Å². The van der Waals surface area contributed by atoms with Gasteiger partial charge < -0.3 is 9.26 Å². The molecule has 132 valence electrons. The van der Waals surface area contributed by atoms with E-state index in [0.29, 0.717) is 11.7 Å². The van der Waals surface area contributed by atoms with Crippen molar-refractivity contribution in [2.45, 2.75) is 43.5 Å². The van der Waals surface area contributed by atoms with Crippen LogP contribution in [0.15, 0.2) is 40.3 Å². The molecule has 1 unspecified atom stereocenters. The number of thioether (sulfide) groups is 1. The number of rotatable bonds is 5. The van der Waals surface area contributed by atoms with Crippen molar-refractivity contribution in [1.82, 2.24) is 24.9 Å². The molecule has 0 aliphatic carbocycles. The molecule has 0 aliphatic rings. The highest BCUT2D eigenvalue weighted by Crippen LogP contribution is 2.35. The number of methoxy groups -OCH3 is 1. The first-order valence-corrected chi connectivity index (χ1v) is 8.82. The fraction of sp³-hybridized carbons (Fsp3) is 0.412. The highest BCUT2D eigenvalue weighted by molar-refractivity contribution is 7.99. The Morgan fingerprint density at radius 1 is 1.24 bits per heavy atom. The van der Waals surface area contributed by atoms with Gasteiger partial charge in [-0.3, -0.25) is 4.57 Å². The van der Waals surface area contributed by atoms with E-state index in [4.69, 9.17) is 9.26 Å². The quantitative estimate of drug-likeness (QED) is 0.641. The van der Waals surface area contributed by atoms with E-state index >= 15 is 0 Å². The van der Waals surface area contributed by atoms with Gasteiger partial charge in [0, 0.05) is 5.41 Å². The molecule has 1 aromatic carbocycles. The molecule has 25 heavy (non-hydrogen) atoms. The summed E-state index contributed by atoms with van der Waals surface area (Å²) in [6.07, 6.45) is 1.67. The average molecular weight is 359 g/mol. The zero-order valence-corrected chi connectivity index (χ0v) is 15.7. The van der Waals surface area contributed by atoms with Gasteiger partial charge in [-0.05, 0) is 19.1 Å². The number of nitrogens with zero attached hydrogens (tertiary/aromatic N) is 5. The van der Waals surface area contributed by atoms with Crippen LogP contribution in [0, 0.1) is 0 Å². The lowest BCUT2D eigenvalue weighted by molar-refractivity contribution is 0.364. The lowest BCUT2D eigenvalue weighted by Crippen LogP contribution is -2.13. The summed E-state index contributed by atoms with van der Waals surface area (Å²) in [4.78, 5) is 4.52. The van der Waals surface area contributed by atoms with Gasteiger partial charge in [0.2, 0.25) is 5.89 Å². The molecule has 7 nitrogen and oxygen atoms in total. The van der Waals surface area contributed by atoms with E-state index < -0.39 is 0 Å². The predicted octanol–water partition coefficient (Wildman–Crippen LogP) is 3.81. The maximum Gasteiger partial charge on any atom is 0.239 e. The molecule has 0 saturated heterocycles. The topological polar surface area (TPSA) is 78.9 Å². The number of hydrogen-bond acceptors (Lipinski definition) is 7. The van der Waals surface area contributed by atoms with Gasteiger partial charge in [0.25, 0.3) is 0 Å². The maximum absolute atomic E-state index is 5.43. The molecule has 0 N–H and O–H groups in total. The molecule has 0 aliphatic heterocycles. The fourth-order valence-electron chi connectivity index (χ4n) is 2.21. The summed E-state index contributed by atoms with van der Waals surface area (Å²) in [6.45, 7) is 8.17. The van der Waals surface area contributed by atoms with Crippen molar-refractivity contribution in [3.8, 4) is 11.4 Å². The second-order valence-electron chi connectivity index (χ2n) is 6.62. The van der Waals surface area contributed by atoms with Gasteiger partial charge in [-0.15, -0.1) is 10.2 Å². The predicted molar refractivity (Wildman–Crippen MR) is 95.2 cm³/mol. The van der Waals surface area contributed by atoms with Gasteiger partial charge in [0.15, 0.2) is 11.0 Å². The van der Waals surface area contributed by atoms with Crippen LogP contribution in [0.5, 0.6) is 5.75 Å². The minimum Gasteiger partial charge on any atom is -0.495 e. The van der Waals surface area contributed by atoms with E-state index in [0.717, 1.165) is 16.6 Å². The summed E-state index contributed by atoms with van der Waals surface area (Å²) < 4.78 is 12.7. The zero-order chi connectivity index (χ0) is 18.0. The highest BCUT2D eigenvalue weighted by Gasteiger charge is 2.25. The van der Waals surface area contributed by atoms with Crippen LogP contribution in [0.4, 0.5) is 0 Å². The Labute approximate surface area is 150 Å². The van der Waals surface area contributed by atoms with E-state index in [-0.39, 0.29) is 10.7 Å². The van der Waals surface area contributed by atoms with Crippen LogP contribution in [-0.2, 0) is 5.41 Å². The van der Waals surface area contributed by atoms with Crippen molar-refractivity contribution in [1.29, 1.82) is 0 Å². The van der Waals surface area contributed by atoms with Crippen LogP contribution in [0.1, 0.15) is 44.7 Å². The van der Waals surface area contributed by atoms with E-state index in [2.05, 4.69) is 41.1 Å². The van der Waals surface area contributed by atoms with E-state index in [9.17, 15) is 0 Å². The first-order chi connectivity index (χ1) is 11.9. The summed E-state index contributed by atoms with van der Waals surface area (Å²) in [6, 6.07) is 7.74. The Morgan fingerprint density at radius 2 is 2.00 bits per heavy atom. The third-order valence-electron chi connectivity index (χ3n) is 3.60. The monoisotopic (exact) mass is 359 g/mol. The number of benzene rings is 1. The largest absolute Gasteiger partial charge is 0.495 e. The standard InChI is InChI=1S/C17H21N5O2S/c1-11(14-19-15(21-24-14)17(2,3)4)25-16-20-18-10-22(16)12-8-6-7-9-13(12)23-5/h6-11H,1-5H3. The van der Waals surface area contributed by atoms with Crippen molar-refractivity contribution in [3.05, 3.63) is 42.3 Å². The van der Waals surface area contributed by atoms with Crippen molar-refractivity contribution < 1.29 is 9.26 Å². The van der Waals surface area contributed by atoms with E-state index in [1.165, 1.54) is 11.8 Å². The van der Waals surface area contributed by atoms with Crippen LogP contribution in [-0.4, -0.2) is 32.0 Å². The maximum atomic E-state index is 5.43. The minimum absolute atomic E-state index is 0.0544. The van der Waals surface area contributed by atoms with Gasteiger partial charge in [-0.2, -0.15) is 4.98 Å². The number of hydrogen-bond donors (Lipinski definition) is 0. The Hall–Kier alpha value is -2.35. The van der Waals surface area contributed by atoms with Crippen molar-refractivity contribution >= 4 is 11.8 Å². The average Bonchev–Trinajstić information content (AvgIpc) is 3.23. The molecule has 2 heterocycles. The van der Waals surface area contributed by atoms with Gasteiger partial charge in [0.1, 0.15) is 12.1 Å². The normalized spacial score (nSPS) is 13.0. The Balaban J connectivity index is 1.85. The van der Waals surface area contributed by atoms with Crippen molar-refractivity contribution in [2.75, 3.05) is 7.11 Å². The Morgan fingerprint density at radius 3 is 2.68 bits per heavy atom. The molecule has 0 amide bonds. The van der Waals surface area contributed by atoms with Crippen molar-refractivity contribution in [3.63, 3.8) is 0 Å². The molecule has 0 saturated carbocycles. The highest BCUT2D eigenvalue weighted by atomic mass is 32.2. The molecule has 0 radical (unpaired) electrons. The molecular weight excluding hydrogens is 338 g/mol. The summed E-state index contributed by atoms with van der Waals surface area (Å²) in [5, 5.41) is 13.0. The van der Waals surface area contributed by atoms with Crippen LogP contribution in [0.25, 0.3) is 5.69 Å². The molecule has 0 fully saturated rings. The second kappa shape index (κ2) is 6.87. The molecule has 3 aromatic rings. The van der Waals surface area contributed by atoms with Gasteiger partial charge in [0.05, 0.1) is 18.0 Å². The molecule has 0 bridgehead atoms. The van der Waals surface area contributed by atoms with Gasteiger partial charge in [-0.25, -0.2) is 0 Å². The summed E-state index contributed by atoms with van der Waals surface area (Å²) in [7, 11) is 1.64. The SMILES string of the molecule is COc1ccccc1-n1cnnc1SC(C)c1nc(C(C)(C)C)no1. The van der Waals surface area contributed by atoms with Gasteiger partial charge in [-0.1, -0.05) is 49.8 Å². The van der Waals surface area contributed by atoms with Crippen LogP contribution in [0.3, 0.4) is 0 Å². The fourth-order valence-corrected chi connectivity index (χ4v) is 3.08. The van der Waals surface area contributed by atoms with Crippen molar-refractivity contribution in [2.24, 2.45) is 0 Å². The van der Waals surface area contributed by atoms with Crippen LogP contribution < -0.4 is 4.74 Å². The van der Waals surface area contributed by atoms with E-state index in [1.54, 1.807) is 13.4 Å². The zero-order valence-electron chi connectivity index (χ0n) is 14.9. The smallest absolute Gasteiger partial charge is 0.239 e. The third kappa shape index (κ3) is 3.68. The molecule has 3 rings (SSSR count). The first-order valence-electron chi connectivity index (χ1n) is 7.94. The second-order valence-corrected chi connectivity index (χ2v) is 7.93. The molecule has 0 spiro atoms. The number of aromatic nitrogens is 5. The molecule has 2 aromatic heterocycles. The lowest BCUT2D eigenvalue weighted by Gasteiger charge is -2.12. The van der Waals surface area contributed by atoms with Gasteiger partial charge >= 0.3 is 0 Å². The molecule has 1 atom stereocenters. The van der Waals surface area contributed by atoms with E-state index in [1.807, 2.05) is 35.8 Å². The summed E-state index contributed by atoms with van der Waals surface area (Å²) in [5.74, 6) is 2.02. The summed E-state index contributed by atoms with van der Waals surface area (Å²) >= 11 is 1.51. The third-order valence-corrected chi connectivity index (χ3v) is 4.65. The minimum atomic E-state index is -0.149. The Bertz CT molecular complexity index is 853.